The summed E-state index contributed by atoms with van der Waals surface area (Å²) < 4.78 is 5.94. The molecule has 1 aromatic rings. The molecule has 1 N–H and O–H groups in total. The van der Waals surface area contributed by atoms with Crippen LogP contribution >= 0.6 is 0 Å². The summed E-state index contributed by atoms with van der Waals surface area (Å²) in [5.41, 5.74) is 2.52. The Balaban J connectivity index is 2.16. The Labute approximate surface area is 85.3 Å². The number of rotatable bonds is 2. The van der Waals surface area contributed by atoms with Gasteiger partial charge in [-0.3, -0.25) is 0 Å². The van der Waals surface area contributed by atoms with Gasteiger partial charge in [0.25, 0.3) is 0 Å². The molecule has 0 atom stereocenters. The average Bonchev–Trinajstić information content (AvgIpc) is 1.99. The number of hydrogen-bond acceptors (Lipinski definition) is 2. The summed E-state index contributed by atoms with van der Waals surface area (Å²) in [6, 6.07) is 6.35. The predicted molar refractivity (Wildman–Crippen MR) is 57.8 cm³/mol. The second-order valence-electron chi connectivity index (χ2n) is 4.48. The molecule has 2 nitrogen and oxygen atoms in total. The monoisotopic (exact) mass is 191 g/mol. The highest BCUT2D eigenvalue weighted by atomic mass is 16.5. The summed E-state index contributed by atoms with van der Waals surface area (Å²) in [5, 5.41) is 3.23. The summed E-state index contributed by atoms with van der Waals surface area (Å²) >= 11 is 0. The maximum atomic E-state index is 5.94. The molecule has 0 saturated carbocycles. The van der Waals surface area contributed by atoms with Crippen molar-refractivity contribution >= 4 is 0 Å². The minimum Gasteiger partial charge on any atom is -0.485 e. The first kappa shape index (κ1) is 9.53. The van der Waals surface area contributed by atoms with E-state index in [1.54, 1.807) is 0 Å². The molecule has 1 aromatic carbocycles. The number of nitrogens with one attached hydrogen (secondary N) is 1. The third-order valence-corrected chi connectivity index (χ3v) is 2.56. The van der Waals surface area contributed by atoms with Gasteiger partial charge in [0, 0.05) is 13.1 Å². The number of hydrogen-bond donors (Lipinski definition) is 1. The highest BCUT2D eigenvalue weighted by Gasteiger charge is 2.33. The van der Waals surface area contributed by atoms with Crippen LogP contribution in [0.25, 0.3) is 0 Å². The number of benzene rings is 1. The molecule has 1 fully saturated rings. The first-order chi connectivity index (χ1) is 6.57. The van der Waals surface area contributed by atoms with Crippen molar-refractivity contribution < 1.29 is 4.74 Å². The molecule has 2 rings (SSSR count). The summed E-state index contributed by atoms with van der Waals surface area (Å²) in [6.45, 7) is 8.23. The fraction of sp³-hybridized carbons (Fsp3) is 0.500. The van der Waals surface area contributed by atoms with E-state index < -0.39 is 0 Å². The van der Waals surface area contributed by atoms with E-state index in [0.29, 0.717) is 0 Å². The second-order valence-corrected chi connectivity index (χ2v) is 4.48. The Hall–Kier alpha value is -1.02. The van der Waals surface area contributed by atoms with E-state index >= 15 is 0 Å². The summed E-state index contributed by atoms with van der Waals surface area (Å²) in [6.07, 6.45) is 0. The molecule has 0 aliphatic carbocycles. The molecule has 0 radical (unpaired) electrons. The van der Waals surface area contributed by atoms with Gasteiger partial charge in [-0.1, -0.05) is 6.07 Å². The standard InChI is InChI=1S/C12H17NO/c1-9-4-10(2)6-11(5-9)14-12(3)7-13-8-12/h4-6,13H,7-8H2,1-3H3. The molecule has 1 heterocycles. The molecule has 0 bridgehead atoms. The number of ether oxygens (including phenoxy) is 1. The van der Waals surface area contributed by atoms with Crippen LogP contribution in [0.15, 0.2) is 18.2 Å². The lowest BCUT2D eigenvalue weighted by atomic mass is 10.00. The van der Waals surface area contributed by atoms with Gasteiger partial charge in [0.15, 0.2) is 0 Å². The zero-order valence-corrected chi connectivity index (χ0v) is 9.05. The molecule has 14 heavy (non-hydrogen) atoms. The van der Waals surface area contributed by atoms with Crippen molar-refractivity contribution in [3.8, 4) is 5.75 Å². The van der Waals surface area contributed by atoms with E-state index in [-0.39, 0.29) is 5.60 Å². The smallest absolute Gasteiger partial charge is 0.131 e. The summed E-state index contributed by atoms with van der Waals surface area (Å²) in [7, 11) is 0. The third kappa shape index (κ3) is 1.90. The van der Waals surface area contributed by atoms with Crippen molar-refractivity contribution in [2.45, 2.75) is 26.4 Å². The lowest BCUT2D eigenvalue weighted by molar-refractivity contribution is 0.0348. The highest BCUT2D eigenvalue weighted by Crippen LogP contribution is 2.23. The largest absolute Gasteiger partial charge is 0.485 e. The Morgan fingerprint density at radius 1 is 1.14 bits per heavy atom. The van der Waals surface area contributed by atoms with Gasteiger partial charge in [-0.25, -0.2) is 0 Å². The Bertz CT molecular complexity index is 322. The van der Waals surface area contributed by atoms with Crippen LogP contribution in [-0.2, 0) is 0 Å². The van der Waals surface area contributed by atoms with Crippen LogP contribution in [0.4, 0.5) is 0 Å². The highest BCUT2D eigenvalue weighted by molar-refractivity contribution is 5.33. The van der Waals surface area contributed by atoms with Crippen molar-refractivity contribution in [3.63, 3.8) is 0 Å². The molecule has 0 spiro atoms. The summed E-state index contributed by atoms with van der Waals surface area (Å²) in [5.74, 6) is 0.992. The van der Waals surface area contributed by atoms with Gasteiger partial charge in [-0.15, -0.1) is 0 Å². The van der Waals surface area contributed by atoms with E-state index in [4.69, 9.17) is 4.74 Å². The first-order valence-electron chi connectivity index (χ1n) is 5.05. The fourth-order valence-corrected chi connectivity index (χ4v) is 1.83. The van der Waals surface area contributed by atoms with Crippen LogP contribution in [0.5, 0.6) is 5.75 Å². The van der Waals surface area contributed by atoms with Gasteiger partial charge in [0.05, 0.1) is 0 Å². The molecule has 1 aliphatic heterocycles. The van der Waals surface area contributed by atoms with Crippen LogP contribution in [-0.4, -0.2) is 18.7 Å². The van der Waals surface area contributed by atoms with Crippen LogP contribution in [0.3, 0.4) is 0 Å². The maximum Gasteiger partial charge on any atom is 0.131 e. The third-order valence-electron chi connectivity index (χ3n) is 2.56. The van der Waals surface area contributed by atoms with Gasteiger partial charge < -0.3 is 10.1 Å². The van der Waals surface area contributed by atoms with Gasteiger partial charge in [-0.2, -0.15) is 0 Å². The van der Waals surface area contributed by atoms with E-state index in [1.165, 1.54) is 11.1 Å². The molecule has 0 aromatic heterocycles. The zero-order chi connectivity index (χ0) is 10.2. The molecule has 0 amide bonds. The minimum absolute atomic E-state index is 0.000231. The molecule has 1 saturated heterocycles. The normalized spacial score (nSPS) is 18.8. The Kier molecular flexibility index (Phi) is 2.23. The van der Waals surface area contributed by atoms with Crippen molar-refractivity contribution in [1.82, 2.24) is 5.32 Å². The molecule has 0 unspecified atom stereocenters. The van der Waals surface area contributed by atoms with E-state index in [0.717, 1.165) is 18.8 Å². The average molecular weight is 191 g/mol. The van der Waals surface area contributed by atoms with Gasteiger partial charge in [0.1, 0.15) is 11.4 Å². The van der Waals surface area contributed by atoms with Crippen LogP contribution in [0.2, 0.25) is 0 Å². The summed E-state index contributed by atoms with van der Waals surface area (Å²) in [4.78, 5) is 0. The van der Waals surface area contributed by atoms with Crippen molar-refractivity contribution in [2.75, 3.05) is 13.1 Å². The van der Waals surface area contributed by atoms with Crippen LogP contribution < -0.4 is 10.1 Å². The molecule has 76 valence electrons. The van der Waals surface area contributed by atoms with Gasteiger partial charge in [-0.05, 0) is 44.0 Å². The predicted octanol–water partition coefficient (Wildman–Crippen LogP) is 2.04. The van der Waals surface area contributed by atoms with Crippen molar-refractivity contribution in [2.24, 2.45) is 0 Å². The van der Waals surface area contributed by atoms with Crippen LogP contribution in [0, 0.1) is 13.8 Å². The van der Waals surface area contributed by atoms with Gasteiger partial charge in [0.2, 0.25) is 0 Å². The topological polar surface area (TPSA) is 21.3 Å². The van der Waals surface area contributed by atoms with E-state index in [2.05, 4.69) is 44.3 Å². The fourth-order valence-electron chi connectivity index (χ4n) is 1.83. The Morgan fingerprint density at radius 2 is 1.71 bits per heavy atom. The SMILES string of the molecule is Cc1cc(C)cc(OC2(C)CNC2)c1. The maximum absolute atomic E-state index is 5.94. The molecular weight excluding hydrogens is 174 g/mol. The van der Waals surface area contributed by atoms with Crippen LogP contribution in [0.1, 0.15) is 18.1 Å². The van der Waals surface area contributed by atoms with Crippen molar-refractivity contribution in [3.05, 3.63) is 29.3 Å². The van der Waals surface area contributed by atoms with E-state index in [1.807, 2.05) is 0 Å². The lowest BCUT2D eigenvalue weighted by Gasteiger charge is -2.39. The number of aryl methyl sites for hydroxylation is 2. The first-order valence-corrected chi connectivity index (χ1v) is 5.05. The minimum atomic E-state index is 0.000231. The van der Waals surface area contributed by atoms with Gasteiger partial charge >= 0.3 is 0 Å². The second kappa shape index (κ2) is 3.28. The van der Waals surface area contributed by atoms with Crippen molar-refractivity contribution in [1.29, 1.82) is 0 Å². The van der Waals surface area contributed by atoms with E-state index in [9.17, 15) is 0 Å². The zero-order valence-electron chi connectivity index (χ0n) is 9.05. The molecular formula is C12H17NO. The quantitative estimate of drug-likeness (QED) is 0.772. The lowest BCUT2D eigenvalue weighted by Crippen LogP contribution is -2.61. The molecule has 2 heteroatoms. The Morgan fingerprint density at radius 3 is 2.14 bits per heavy atom. The molecule has 1 aliphatic rings.